The van der Waals surface area contributed by atoms with E-state index in [9.17, 15) is 4.39 Å². The molecule has 132 valence electrons. The van der Waals surface area contributed by atoms with E-state index in [1.807, 2.05) is 18.2 Å². The third-order valence-electron chi connectivity index (χ3n) is 3.56. The predicted octanol–water partition coefficient (Wildman–Crippen LogP) is 5.43. The summed E-state index contributed by atoms with van der Waals surface area (Å²) in [5.41, 5.74) is 4.70. The summed E-state index contributed by atoms with van der Waals surface area (Å²) in [6.45, 7) is 0.226. The molecule has 0 unspecified atom stereocenters. The van der Waals surface area contributed by atoms with Crippen LogP contribution < -0.4 is 14.9 Å². The SMILES string of the molecule is Fc1cc(-c2csc(N/N=C/c3ccc4c(c3)OCO4)n2)c(Cl)cc1Cl. The van der Waals surface area contributed by atoms with Crippen LogP contribution in [0.2, 0.25) is 10.0 Å². The van der Waals surface area contributed by atoms with E-state index in [-0.39, 0.29) is 11.8 Å². The molecule has 2 heterocycles. The van der Waals surface area contributed by atoms with Gasteiger partial charge in [-0.3, -0.25) is 5.43 Å². The van der Waals surface area contributed by atoms with Crippen LogP contribution in [0.25, 0.3) is 11.3 Å². The highest BCUT2D eigenvalue weighted by Gasteiger charge is 2.13. The fourth-order valence-electron chi connectivity index (χ4n) is 2.32. The Labute approximate surface area is 162 Å². The molecule has 1 aliphatic rings. The first kappa shape index (κ1) is 17.1. The average Bonchev–Trinajstić information content (AvgIpc) is 3.27. The van der Waals surface area contributed by atoms with Crippen LogP contribution in [0.4, 0.5) is 9.52 Å². The van der Waals surface area contributed by atoms with Gasteiger partial charge in [-0.05, 0) is 35.9 Å². The first-order chi connectivity index (χ1) is 12.6. The van der Waals surface area contributed by atoms with Crippen LogP contribution in [0.1, 0.15) is 5.56 Å². The number of nitrogens with zero attached hydrogens (tertiary/aromatic N) is 2. The lowest BCUT2D eigenvalue weighted by atomic mass is 10.2. The number of rotatable bonds is 4. The van der Waals surface area contributed by atoms with Crippen molar-refractivity contribution >= 4 is 45.9 Å². The second-order valence-electron chi connectivity index (χ2n) is 5.27. The highest BCUT2D eigenvalue weighted by atomic mass is 35.5. The van der Waals surface area contributed by atoms with E-state index in [2.05, 4.69) is 15.5 Å². The van der Waals surface area contributed by atoms with Crippen LogP contribution in [0.15, 0.2) is 40.8 Å². The number of nitrogens with one attached hydrogen (secondary N) is 1. The maximum atomic E-state index is 13.7. The summed E-state index contributed by atoms with van der Waals surface area (Å²) in [6.07, 6.45) is 1.64. The molecule has 0 saturated heterocycles. The Hall–Kier alpha value is -2.35. The van der Waals surface area contributed by atoms with Crippen molar-refractivity contribution < 1.29 is 13.9 Å². The van der Waals surface area contributed by atoms with Crippen LogP contribution in [-0.2, 0) is 0 Å². The maximum absolute atomic E-state index is 13.7. The summed E-state index contributed by atoms with van der Waals surface area (Å²) in [7, 11) is 0. The Morgan fingerprint density at radius 2 is 2.00 bits per heavy atom. The second-order valence-corrected chi connectivity index (χ2v) is 6.94. The van der Waals surface area contributed by atoms with E-state index < -0.39 is 5.82 Å². The van der Waals surface area contributed by atoms with Crippen molar-refractivity contribution in [3.63, 3.8) is 0 Å². The largest absolute Gasteiger partial charge is 0.454 e. The molecule has 9 heteroatoms. The highest BCUT2D eigenvalue weighted by Crippen LogP contribution is 2.34. The van der Waals surface area contributed by atoms with Crippen molar-refractivity contribution in [2.45, 2.75) is 0 Å². The standard InChI is InChI=1S/C17H10Cl2FN3O2S/c18-11-5-12(19)13(20)4-10(11)14-7-26-17(22-14)23-21-6-9-1-2-15-16(3-9)25-8-24-15/h1-7H,8H2,(H,22,23)/b21-6+. The number of hydrazone groups is 1. The first-order valence-corrected chi connectivity index (χ1v) is 9.03. The molecular formula is C17H10Cl2FN3O2S. The van der Waals surface area contributed by atoms with Gasteiger partial charge >= 0.3 is 0 Å². The molecule has 0 fully saturated rings. The van der Waals surface area contributed by atoms with E-state index in [1.54, 1.807) is 11.6 Å². The Morgan fingerprint density at radius 3 is 2.88 bits per heavy atom. The lowest BCUT2D eigenvalue weighted by Crippen LogP contribution is -1.93. The van der Waals surface area contributed by atoms with Gasteiger partial charge < -0.3 is 9.47 Å². The van der Waals surface area contributed by atoms with Gasteiger partial charge in [-0.15, -0.1) is 11.3 Å². The molecule has 0 spiro atoms. The van der Waals surface area contributed by atoms with E-state index in [0.717, 1.165) is 5.56 Å². The molecule has 0 radical (unpaired) electrons. The lowest BCUT2D eigenvalue weighted by Gasteiger charge is -2.02. The number of hydrogen-bond donors (Lipinski definition) is 1. The van der Waals surface area contributed by atoms with Crippen LogP contribution in [0.5, 0.6) is 11.5 Å². The molecule has 0 bridgehead atoms. The Bertz CT molecular complexity index is 1010. The summed E-state index contributed by atoms with van der Waals surface area (Å²) in [4.78, 5) is 4.36. The van der Waals surface area contributed by atoms with Crippen molar-refractivity contribution in [1.82, 2.24) is 4.98 Å². The zero-order valence-electron chi connectivity index (χ0n) is 13.0. The van der Waals surface area contributed by atoms with E-state index in [1.165, 1.54) is 23.5 Å². The molecule has 5 nitrogen and oxygen atoms in total. The summed E-state index contributed by atoms with van der Waals surface area (Å²) >= 11 is 13.2. The molecule has 1 aromatic heterocycles. The highest BCUT2D eigenvalue weighted by molar-refractivity contribution is 7.14. The van der Waals surface area contributed by atoms with Crippen LogP contribution in [0.3, 0.4) is 0 Å². The Morgan fingerprint density at radius 1 is 1.15 bits per heavy atom. The van der Waals surface area contributed by atoms with Gasteiger partial charge in [0.2, 0.25) is 11.9 Å². The van der Waals surface area contributed by atoms with Crippen molar-refractivity contribution in [3.8, 4) is 22.8 Å². The molecule has 4 rings (SSSR count). The average molecular weight is 410 g/mol. The van der Waals surface area contributed by atoms with Crippen molar-refractivity contribution in [2.75, 3.05) is 12.2 Å². The zero-order chi connectivity index (χ0) is 18.1. The van der Waals surface area contributed by atoms with Crippen LogP contribution in [0, 0.1) is 5.82 Å². The van der Waals surface area contributed by atoms with Crippen molar-refractivity contribution in [3.05, 3.63) is 57.1 Å². The van der Waals surface area contributed by atoms with E-state index in [4.69, 9.17) is 32.7 Å². The first-order valence-electron chi connectivity index (χ1n) is 7.39. The molecule has 2 aromatic carbocycles. The minimum Gasteiger partial charge on any atom is -0.454 e. The third-order valence-corrected chi connectivity index (χ3v) is 4.91. The number of thiazole rings is 1. The number of halogens is 3. The molecule has 0 saturated carbocycles. The summed E-state index contributed by atoms with van der Waals surface area (Å²) < 4.78 is 24.2. The van der Waals surface area contributed by atoms with Gasteiger partial charge in [0.25, 0.3) is 0 Å². The van der Waals surface area contributed by atoms with E-state index >= 15 is 0 Å². The fraction of sp³-hybridized carbons (Fsp3) is 0.0588. The van der Waals surface area contributed by atoms with Crippen LogP contribution >= 0.6 is 34.5 Å². The number of ether oxygens (including phenoxy) is 2. The molecule has 1 aliphatic heterocycles. The second kappa shape index (κ2) is 7.11. The van der Waals surface area contributed by atoms with Crippen molar-refractivity contribution in [1.29, 1.82) is 0 Å². The topological polar surface area (TPSA) is 55.7 Å². The van der Waals surface area contributed by atoms with Gasteiger partial charge in [-0.25, -0.2) is 9.37 Å². The molecule has 0 atom stereocenters. The zero-order valence-corrected chi connectivity index (χ0v) is 15.3. The summed E-state index contributed by atoms with van der Waals surface area (Å²) in [5, 5.41) is 6.75. The number of hydrogen-bond acceptors (Lipinski definition) is 6. The molecule has 0 aliphatic carbocycles. The quantitative estimate of drug-likeness (QED) is 0.354. The van der Waals surface area contributed by atoms with Gasteiger partial charge in [0, 0.05) is 10.9 Å². The van der Waals surface area contributed by atoms with Gasteiger partial charge in [0.1, 0.15) is 5.82 Å². The number of fused-ring (bicyclic) bond motifs is 1. The predicted molar refractivity (Wildman–Crippen MR) is 101 cm³/mol. The summed E-state index contributed by atoms with van der Waals surface area (Å²) in [5.74, 6) is 0.853. The van der Waals surface area contributed by atoms with Gasteiger partial charge in [-0.2, -0.15) is 5.10 Å². The van der Waals surface area contributed by atoms with Crippen molar-refractivity contribution in [2.24, 2.45) is 5.10 Å². The smallest absolute Gasteiger partial charge is 0.231 e. The van der Waals surface area contributed by atoms with Gasteiger partial charge in [0.05, 0.1) is 22.0 Å². The normalized spacial score (nSPS) is 12.7. The number of anilines is 1. The van der Waals surface area contributed by atoms with Gasteiger partial charge in [0.15, 0.2) is 11.5 Å². The molecule has 3 aromatic rings. The molecule has 26 heavy (non-hydrogen) atoms. The fourth-order valence-corrected chi connectivity index (χ4v) is 3.46. The number of benzene rings is 2. The minimum absolute atomic E-state index is 0.0272. The molecule has 0 amide bonds. The molecular weight excluding hydrogens is 400 g/mol. The maximum Gasteiger partial charge on any atom is 0.231 e. The lowest BCUT2D eigenvalue weighted by molar-refractivity contribution is 0.174. The van der Waals surface area contributed by atoms with Crippen LogP contribution in [-0.4, -0.2) is 18.0 Å². The monoisotopic (exact) mass is 409 g/mol. The Balaban J connectivity index is 1.48. The van der Waals surface area contributed by atoms with Gasteiger partial charge in [-0.1, -0.05) is 23.2 Å². The third kappa shape index (κ3) is 3.46. The van der Waals surface area contributed by atoms with E-state index in [0.29, 0.717) is 32.9 Å². The Kier molecular flexibility index (Phi) is 4.67. The summed E-state index contributed by atoms with van der Waals surface area (Å²) in [6, 6.07) is 8.14. The minimum atomic E-state index is -0.547. The number of aromatic nitrogens is 1. The molecule has 1 N–H and O–H groups in total.